The van der Waals surface area contributed by atoms with Gasteiger partial charge in [0.2, 0.25) is 0 Å². The lowest BCUT2D eigenvalue weighted by molar-refractivity contribution is 1.30. The van der Waals surface area contributed by atoms with Gasteiger partial charge in [-0.1, -0.05) is 133 Å². The molecule has 216 valence electrons. The molecule has 9 rings (SSSR count). The Labute approximate surface area is 272 Å². The molecular weight excluding hydrogens is 575 g/mol. The second-order valence-electron chi connectivity index (χ2n) is 11.8. The van der Waals surface area contributed by atoms with E-state index in [1.165, 1.54) is 69.7 Å². The molecule has 8 aromatic carbocycles. The standard InChI is InChI=1S/C44H29NS/c1-2-10-30(11-3-1)35-15-8-16-38(29-35)45(37-25-22-32(23-26-37)36-21-20-31-12-4-5-13-34(31)28-36)41-18-9-14-33-24-27-40-39-17-6-7-19-42(39)46-44(40)43(33)41/h1-29H. The van der Waals surface area contributed by atoms with Crippen molar-refractivity contribution in [2.75, 3.05) is 4.90 Å². The van der Waals surface area contributed by atoms with E-state index in [-0.39, 0.29) is 0 Å². The predicted octanol–water partition coefficient (Wildman–Crippen LogP) is 13.2. The van der Waals surface area contributed by atoms with Crippen molar-refractivity contribution >= 4 is 70.1 Å². The SMILES string of the molecule is c1ccc(-c2cccc(N(c3ccc(-c4ccc5ccccc5c4)cc3)c3cccc4ccc5c6ccccc6sc5c34)c2)cc1. The molecule has 0 aliphatic carbocycles. The molecule has 0 spiro atoms. The van der Waals surface area contributed by atoms with E-state index < -0.39 is 0 Å². The van der Waals surface area contributed by atoms with Crippen molar-refractivity contribution in [2.45, 2.75) is 0 Å². The van der Waals surface area contributed by atoms with Gasteiger partial charge in [0.25, 0.3) is 0 Å². The molecule has 9 aromatic rings. The van der Waals surface area contributed by atoms with Gasteiger partial charge in [-0.05, 0) is 80.9 Å². The van der Waals surface area contributed by atoms with Crippen molar-refractivity contribution in [3.63, 3.8) is 0 Å². The molecule has 0 N–H and O–H groups in total. The van der Waals surface area contributed by atoms with Crippen LogP contribution in [0.1, 0.15) is 0 Å². The molecule has 0 fully saturated rings. The first-order valence-corrected chi connectivity index (χ1v) is 16.5. The lowest BCUT2D eigenvalue weighted by Crippen LogP contribution is -2.10. The van der Waals surface area contributed by atoms with E-state index in [1.807, 2.05) is 11.3 Å². The molecular formula is C44H29NS. The lowest BCUT2D eigenvalue weighted by Gasteiger charge is -2.28. The summed E-state index contributed by atoms with van der Waals surface area (Å²) in [6.07, 6.45) is 0. The summed E-state index contributed by atoms with van der Waals surface area (Å²) in [5.74, 6) is 0. The van der Waals surface area contributed by atoms with Crippen molar-refractivity contribution in [3.05, 3.63) is 176 Å². The third kappa shape index (κ3) is 4.54. The van der Waals surface area contributed by atoms with E-state index in [2.05, 4.69) is 181 Å². The van der Waals surface area contributed by atoms with Crippen molar-refractivity contribution in [3.8, 4) is 22.3 Å². The second kappa shape index (κ2) is 11.0. The molecule has 0 saturated heterocycles. The minimum atomic E-state index is 1.13. The van der Waals surface area contributed by atoms with Crippen LogP contribution in [0, 0.1) is 0 Å². The number of nitrogens with zero attached hydrogens (tertiary/aromatic N) is 1. The van der Waals surface area contributed by atoms with Crippen LogP contribution in [0.4, 0.5) is 17.1 Å². The number of rotatable bonds is 5. The monoisotopic (exact) mass is 603 g/mol. The minimum Gasteiger partial charge on any atom is -0.310 e. The Hall–Kier alpha value is -5.70. The van der Waals surface area contributed by atoms with Gasteiger partial charge in [0.15, 0.2) is 0 Å². The number of anilines is 3. The van der Waals surface area contributed by atoms with Crippen molar-refractivity contribution in [1.29, 1.82) is 0 Å². The van der Waals surface area contributed by atoms with Crippen LogP contribution in [0.3, 0.4) is 0 Å². The molecule has 0 radical (unpaired) electrons. The number of thiophene rings is 1. The van der Waals surface area contributed by atoms with Crippen LogP contribution in [0.15, 0.2) is 176 Å². The van der Waals surface area contributed by atoms with E-state index in [0.29, 0.717) is 0 Å². The van der Waals surface area contributed by atoms with Crippen LogP contribution in [-0.2, 0) is 0 Å². The van der Waals surface area contributed by atoms with Crippen LogP contribution in [0.2, 0.25) is 0 Å². The summed E-state index contributed by atoms with van der Waals surface area (Å²) in [6, 6.07) is 63.9. The summed E-state index contributed by atoms with van der Waals surface area (Å²) < 4.78 is 2.64. The molecule has 1 aromatic heterocycles. The predicted molar refractivity (Wildman–Crippen MR) is 200 cm³/mol. The third-order valence-corrected chi connectivity index (χ3v) is 10.2. The first kappa shape index (κ1) is 26.7. The fourth-order valence-electron chi connectivity index (χ4n) is 6.77. The highest BCUT2D eigenvalue weighted by molar-refractivity contribution is 7.26. The third-order valence-electron chi connectivity index (χ3n) is 9.03. The van der Waals surface area contributed by atoms with Gasteiger partial charge >= 0.3 is 0 Å². The molecule has 2 heteroatoms. The summed E-state index contributed by atoms with van der Waals surface area (Å²) in [5.41, 5.74) is 8.27. The van der Waals surface area contributed by atoms with E-state index in [1.54, 1.807) is 0 Å². The summed E-state index contributed by atoms with van der Waals surface area (Å²) in [7, 11) is 0. The zero-order valence-electron chi connectivity index (χ0n) is 25.1. The molecule has 1 heterocycles. The Bertz CT molecular complexity index is 2530. The molecule has 0 amide bonds. The molecule has 1 nitrogen and oxygen atoms in total. The maximum Gasteiger partial charge on any atom is 0.0554 e. The highest BCUT2D eigenvalue weighted by Crippen LogP contribution is 2.46. The zero-order valence-corrected chi connectivity index (χ0v) is 25.9. The van der Waals surface area contributed by atoms with E-state index in [9.17, 15) is 0 Å². The first-order valence-electron chi connectivity index (χ1n) is 15.7. The highest BCUT2D eigenvalue weighted by atomic mass is 32.1. The number of hydrogen-bond acceptors (Lipinski definition) is 2. The summed E-state index contributed by atoms with van der Waals surface area (Å²) >= 11 is 1.89. The van der Waals surface area contributed by atoms with E-state index in [0.717, 1.165) is 11.4 Å². The van der Waals surface area contributed by atoms with Crippen LogP contribution in [-0.4, -0.2) is 0 Å². The molecule has 0 unspecified atom stereocenters. The molecule has 46 heavy (non-hydrogen) atoms. The average molecular weight is 604 g/mol. The van der Waals surface area contributed by atoms with Gasteiger partial charge in [-0.2, -0.15) is 0 Å². The van der Waals surface area contributed by atoms with E-state index in [4.69, 9.17) is 0 Å². The van der Waals surface area contributed by atoms with Gasteiger partial charge in [-0.15, -0.1) is 11.3 Å². The molecule has 0 aliphatic heterocycles. The summed E-state index contributed by atoms with van der Waals surface area (Å²) in [5, 5.41) is 7.67. The van der Waals surface area contributed by atoms with Gasteiger partial charge in [0.05, 0.1) is 5.69 Å². The van der Waals surface area contributed by atoms with Crippen molar-refractivity contribution in [2.24, 2.45) is 0 Å². The minimum absolute atomic E-state index is 1.13. The number of hydrogen-bond donors (Lipinski definition) is 0. The van der Waals surface area contributed by atoms with Gasteiger partial charge < -0.3 is 4.90 Å². The summed E-state index contributed by atoms with van der Waals surface area (Å²) in [4.78, 5) is 2.43. The maximum absolute atomic E-state index is 2.43. The smallest absolute Gasteiger partial charge is 0.0554 e. The maximum atomic E-state index is 2.43. The van der Waals surface area contributed by atoms with Crippen molar-refractivity contribution < 1.29 is 0 Å². The lowest BCUT2D eigenvalue weighted by atomic mass is 10.00. The summed E-state index contributed by atoms with van der Waals surface area (Å²) in [6.45, 7) is 0. The molecule has 0 atom stereocenters. The Balaban J connectivity index is 1.26. The van der Waals surface area contributed by atoms with Gasteiger partial charge in [0.1, 0.15) is 0 Å². The Morgan fingerprint density at radius 2 is 1.02 bits per heavy atom. The van der Waals surface area contributed by atoms with Crippen molar-refractivity contribution in [1.82, 2.24) is 0 Å². The molecule has 0 bridgehead atoms. The first-order chi connectivity index (χ1) is 22.8. The van der Waals surface area contributed by atoms with Gasteiger partial charge in [-0.3, -0.25) is 0 Å². The Kier molecular flexibility index (Phi) is 6.40. The quantitative estimate of drug-likeness (QED) is 0.189. The number of fused-ring (bicyclic) bond motifs is 6. The Morgan fingerprint density at radius 1 is 0.370 bits per heavy atom. The molecule has 0 saturated carbocycles. The van der Waals surface area contributed by atoms with Gasteiger partial charge in [0, 0.05) is 36.9 Å². The average Bonchev–Trinajstić information content (AvgIpc) is 3.51. The number of benzene rings is 8. The van der Waals surface area contributed by atoms with E-state index >= 15 is 0 Å². The fourth-order valence-corrected chi connectivity index (χ4v) is 8.04. The normalized spacial score (nSPS) is 11.5. The van der Waals surface area contributed by atoms with Gasteiger partial charge in [-0.25, -0.2) is 0 Å². The van der Waals surface area contributed by atoms with Crippen LogP contribution < -0.4 is 4.90 Å². The Morgan fingerprint density at radius 3 is 1.91 bits per heavy atom. The highest BCUT2D eigenvalue weighted by Gasteiger charge is 2.19. The molecule has 0 aliphatic rings. The zero-order chi connectivity index (χ0) is 30.5. The van der Waals surface area contributed by atoms with Crippen LogP contribution in [0.5, 0.6) is 0 Å². The largest absolute Gasteiger partial charge is 0.310 e. The second-order valence-corrected chi connectivity index (χ2v) is 12.8. The topological polar surface area (TPSA) is 3.24 Å². The fraction of sp³-hybridized carbons (Fsp3) is 0. The van der Waals surface area contributed by atoms with Crippen LogP contribution in [0.25, 0.3) is 64.0 Å². The van der Waals surface area contributed by atoms with Crippen LogP contribution >= 0.6 is 11.3 Å².